The molecule has 2 aromatic heterocycles. The molecule has 1 aliphatic carbocycles. The molecule has 4 rings (SSSR count). The molecule has 0 aliphatic heterocycles. The maximum absolute atomic E-state index is 13.7. The number of hydrogen-bond acceptors (Lipinski definition) is 5. The average molecular weight is 410 g/mol. The third kappa shape index (κ3) is 3.34. The number of methoxy groups -OCH3 is 1. The van der Waals surface area contributed by atoms with Crippen LogP contribution >= 0.6 is 0 Å². The molecule has 0 saturated heterocycles. The van der Waals surface area contributed by atoms with Crippen LogP contribution in [-0.2, 0) is 16.0 Å². The van der Waals surface area contributed by atoms with Gasteiger partial charge in [-0.05, 0) is 55.7 Å². The first kappa shape index (κ1) is 20.1. The zero-order chi connectivity index (χ0) is 21.4. The van der Waals surface area contributed by atoms with E-state index >= 15 is 0 Å². The lowest BCUT2D eigenvalue weighted by Crippen LogP contribution is -2.23. The highest BCUT2D eigenvalue weighted by Gasteiger charge is 2.40. The summed E-state index contributed by atoms with van der Waals surface area (Å²) in [4.78, 5) is 30.3. The molecule has 3 aromatic rings. The van der Waals surface area contributed by atoms with Gasteiger partial charge in [-0.1, -0.05) is 6.07 Å². The van der Waals surface area contributed by atoms with E-state index in [-0.39, 0.29) is 23.9 Å². The number of aromatic nitrogens is 2. The fraction of sp³-hybridized carbons (Fsp3) is 0.348. The number of halogens is 1. The van der Waals surface area contributed by atoms with Crippen molar-refractivity contribution in [1.82, 2.24) is 9.38 Å². The van der Waals surface area contributed by atoms with E-state index in [1.807, 2.05) is 13.0 Å². The Morgan fingerprint density at radius 3 is 2.83 bits per heavy atom. The third-order valence-electron chi connectivity index (χ3n) is 5.69. The van der Waals surface area contributed by atoms with Crippen molar-refractivity contribution in [2.75, 3.05) is 13.7 Å². The van der Waals surface area contributed by atoms with Gasteiger partial charge < -0.3 is 9.47 Å². The van der Waals surface area contributed by atoms with Gasteiger partial charge in [0.05, 0.1) is 25.3 Å². The molecule has 0 radical (unpaired) electrons. The molecule has 6 nitrogen and oxygen atoms in total. The van der Waals surface area contributed by atoms with Gasteiger partial charge in [-0.25, -0.2) is 9.37 Å². The van der Waals surface area contributed by atoms with Gasteiger partial charge >= 0.3 is 5.97 Å². The summed E-state index contributed by atoms with van der Waals surface area (Å²) in [6.45, 7) is 4.16. The molecule has 0 unspecified atom stereocenters. The maximum Gasteiger partial charge on any atom is 0.309 e. The van der Waals surface area contributed by atoms with Crippen LogP contribution < -0.4 is 4.74 Å². The molecule has 0 saturated carbocycles. The van der Waals surface area contributed by atoms with Crippen molar-refractivity contribution < 1.29 is 23.5 Å². The standard InChI is InChI=1S/C23H23FN2O4/c1-4-30-20-6-5-9-26-21(13(2)25-22(20)26)19(27)12-17-16-8-7-15(24)10-14(16)11-18(17)23(28)29-3/h5-10,17-18H,4,11-12H2,1-3H3/t17-,18-/m1/s1. The third-order valence-corrected chi connectivity index (χ3v) is 5.69. The summed E-state index contributed by atoms with van der Waals surface area (Å²) < 4.78 is 26.0. The van der Waals surface area contributed by atoms with E-state index in [0.29, 0.717) is 35.8 Å². The van der Waals surface area contributed by atoms with Gasteiger partial charge in [-0.2, -0.15) is 0 Å². The van der Waals surface area contributed by atoms with Crippen LogP contribution in [0.25, 0.3) is 5.65 Å². The predicted molar refractivity (Wildman–Crippen MR) is 108 cm³/mol. The summed E-state index contributed by atoms with van der Waals surface area (Å²) in [6, 6.07) is 8.09. The van der Waals surface area contributed by atoms with Crippen LogP contribution in [0.1, 0.15) is 46.6 Å². The summed E-state index contributed by atoms with van der Waals surface area (Å²) in [6.07, 6.45) is 2.24. The Hall–Kier alpha value is -3.22. The van der Waals surface area contributed by atoms with Crippen molar-refractivity contribution >= 4 is 17.4 Å². The van der Waals surface area contributed by atoms with Crippen LogP contribution in [-0.4, -0.2) is 34.9 Å². The van der Waals surface area contributed by atoms with Crippen LogP contribution in [0.4, 0.5) is 4.39 Å². The van der Waals surface area contributed by atoms with Crippen molar-refractivity contribution in [3.63, 3.8) is 0 Å². The Morgan fingerprint density at radius 1 is 1.30 bits per heavy atom. The van der Waals surface area contributed by atoms with Gasteiger partial charge in [0.25, 0.3) is 0 Å². The monoisotopic (exact) mass is 410 g/mol. The fourth-order valence-electron chi connectivity index (χ4n) is 4.42. The number of ketones is 1. The van der Waals surface area contributed by atoms with E-state index < -0.39 is 11.9 Å². The SMILES string of the molecule is CCOc1cccn2c(C(=O)C[C@@H]3c4ccc(F)cc4C[C@H]3C(=O)OC)c(C)nc12. The van der Waals surface area contributed by atoms with Crippen LogP contribution in [0.5, 0.6) is 5.75 Å². The number of imidazole rings is 1. The minimum atomic E-state index is -0.519. The fourth-order valence-corrected chi connectivity index (χ4v) is 4.42. The summed E-state index contributed by atoms with van der Waals surface area (Å²) >= 11 is 0. The Labute approximate surface area is 173 Å². The molecule has 0 fully saturated rings. The number of carbonyl (C=O) groups excluding carboxylic acids is 2. The molecule has 0 amide bonds. The van der Waals surface area contributed by atoms with E-state index in [0.717, 1.165) is 11.1 Å². The Kier molecular flexibility index (Phi) is 5.28. The van der Waals surface area contributed by atoms with E-state index in [1.54, 1.807) is 29.7 Å². The number of aryl methyl sites for hydroxylation is 1. The summed E-state index contributed by atoms with van der Waals surface area (Å²) in [5.41, 5.74) is 3.21. The smallest absolute Gasteiger partial charge is 0.309 e. The van der Waals surface area contributed by atoms with Crippen molar-refractivity contribution in [3.8, 4) is 5.75 Å². The second-order valence-corrected chi connectivity index (χ2v) is 7.46. The van der Waals surface area contributed by atoms with Gasteiger partial charge in [-0.3, -0.25) is 14.0 Å². The van der Waals surface area contributed by atoms with Crippen LogP contribution in [0, 0.1) is 18.7 Å². The van der Waals surface area contributed by atoms with Crippen molar-refractivity contribution in [1.29, 1.82) is 0 Å². The Balaban J connectivity index is 1.72. The number of esters is 1. The lowest BCUT2D eigenvalue weighted by Gasteiger charge is -2.18. The van der Waals surface area contributed by atoms with Crippen LogP contribution in [0.3, 0.4) is 0 Å². The molecule has 2 heterocycles. The van der Waals surface area contributed by atoms with Gasteiger partial charge in [0.2, 0.25) is 0 Å². The van der Waals surface area contributed by atoms with Gasteiger partial charge in [0, 0.05) is 18.5 Å². The number of rotatable bonds is 6. The normalized spacial score (nSPS) is 17.7. The number of nitrogens with zero attached hydrogens (tertiary/aromatic N) is 2. The predicted octanol–water partition coefficient (Wildman–Crippen LogP) is 3.88. The molecular weight excluding hydrogens is 387 g/mol. The number of Topliss-reactive ketones (excluding diaryl/α,β-unsaturated/α-hetero) is 1. The number of fused-ring (bicyclic) bond motifs is 2. The molecular formula is C23H23FN2O4. The average Bonchev–Trinajstić information content (AvgIpc) is 3.25. The second-order valence-electron chi connectivity index (χ2n) is 7.46. The van der Waals surface area contributed by atoms with E-state index in [1.165, 1.54) is 19.2 Å². The second kappa shape index (κ2) is 7.89. The van der Waals surface area contributed by atoms with Crippen molar-refractivity contribution in [2.45, 2.75) is 32.6 Å². The molecule has 1 aliphatic rings. The van der Waals surface area contributed by atoms with Gasteiger partial charge in [0.15, 0.2) is 17.2 Å². The van der Waals surface area contributed by atoms with Crippen molar-refractivity contribution in [3.05, 3.63) is 64.9 Å². The maximum atomic E-state index is 13.7. The van der Waals surface area contributed by atoms with Gasteiger partial charge in [0.1, 0.15) is 11.5 Å². The minimum Gasteiger partial charge on any atom is -0.490 e. The Bertz CT molecular complexity index is 1140. The van der Waals surface area contributed by atoms with Gasteiger partial charge in [-0.15, -0.1) is 0 Å². The summed E-state index contributed by atoms with van der Waals surface area (Å²) in [5, 5.41) is 0. The molecule has 0 bridgehead atoms. The summed E-state index contributed by atoms with van der Waals surface area (Å²) in [7, 11) is 1.33. The first-order valence-electron chi connectivity index (χ1n) is 9.94. The molecule has 7 heteroatoms. The molecule has 2 atom stereocenters. The number of pyridine rings is 1. The number of hydrogen-bond donors (Lipinski definition) is 0. The Morgan fingerprint density at radius 2 is 2.10 bits per heavy atom. The molecule has 0 N–H and O–H groups in total. The molecule has 30 heavy (non-hydrogen) atoms. The van der Waals surface area contributed by atoms with E-state index in [2.05, 4.69) is 4.98 Å². The lowest BCUT2D eigenvalue weighted by atomic mass is 9.87. The topological polar surface area (TPSA) is 69.9 Å². The highest BCUT2D eigenvalue weighted by atomic mass is 19.1. The van der Waals surface area contributed by atoms with Crippen LogP contribution in [0.15, 0.2) is 36.5 Å². The number of benzene rings is 1. The number of ether oxygens (including phenoxy) is 2. The molecule has 1 aromatic carbocycles. The van der Waals surface area contributed by atoms with Crippen molar-refractivity contribution in [2.24, 2.45) is 5.92 Å². The molecule has 156 valence electrons. The number of carbonyl (C=O) groups is 2. The first-order chi connectivity index (χ1) is 14.4. The lowest BCUT2D eigenvalue weighted by molar-refractivity contribution is -0.145. The minimum absolute atomic E-state index is 0.103. The van der Waals surface area contributed by atoms with E-state index in [9.17, 15) is 14.0 Å². The first-order valence-corrected chi connectivity index (χ1v) is 9.94. The van der Waals surface area contributed by atoms with Crippen LogP contribution in [0.2, 0.25) is 0 Å². The van der Waals surface area contributed by atoms with E-state index in [4.69, 9.17) is 9.47 Å². The zero-order valence-corrected chi connectivity index (χ0v) is 17.1. The quantitative estimate of drug-likeness (QED) is 0.456. The largest absolute Gasteiger partial charge is 0.490 e. The summed E-state index contributed by atoms with van der Waals surface area (Å²) in [5.74, 6) is -1.17. The zero-order valence-electron chi connectivity index (χ0n) is 17.1. The highest BCUT2D eigenvalue weighted by molar-refractivity contribution is 5.97. The highest BCUT2D eigenvalue weighted by Crippen LogP contribution is 2.42. The molecule has 0 spiro atoms.